The molecule has 1 aromatic rings. The second kappa shape index (κ2) is 5.77. The van der Waals surface area contributed by atoms with Gasteiger partial charge in [0.2, 0.25) is 0 Å². The van der Waals surface area contributed by atoms with Gasteiger partial charge in [0.15, 0.2) is 0 Å². The van der Waals surface area contributed by atoms with Crippen LogP contribution in [-0.2, 0) is 4.79 Å². The molecule has 0 radical (unpaired) electrons. The number of carboxylic acids is 1. The number of carbonyl (C=O) groups excluding carboxylic acids is 1. The molecule has 14 heavy (non-hydrogen) atoms. The van der Waals surface area contributed by atoms with Crippen molar-refractivity contribution in [2.75, 3.05) is 20.0 Å². The molecule has 2 nitrogen and oxygen atoms in total. The molecule has 0 aliphatic rings. The molecule has 0 fully saturated rings. The summed E-state index contributed by atoms with van der Waals surface area (Å²) in [6, 6.07) is 10.7. The summed E-state index contributed by atoms with van der Waals surface area (Å²) in [7, 11) is -0.768. The van der Waals surface area contributed by atoms with E-state index >= 15 is 0 Å². The number of aliphatic carboxylic acids is 1. The van der Waals surface area contributed by atoms with Gasteiger partial charge in [-0.15, -0.1) is 0 Å². The van der Waals surface area contributed by atoms with Crippen molar-refractivity contribution in [3.63, 3.8) is 0 Å². The fraction of sp³-hybridized carbons (Fsp3) is 0.364. The molecule has 0 spiro atoms. The zero-order chi connectivity index (χ0) is 11.2. The van der Waals surface area contributed by atoms with E-state index in [0.717, 1.165) is 6.92 Å². The highest BCUT2D eigenvalue weighted by molar-refractivity contribution is 7.80. The van der Waals surface area contributed by atoms with Crippen LogP contribution < -0.4 is 10.4 Å². The minimum Gasteiger partial charge on any atom is -0.550 e. The number of hydrogen-bond donors (Lipinski definition) is 0. The van der Waals surface area contributed by atoms with Crippen molar-refractivity contribution in [2.24, 2.45) is 0 Å². The summed E-state index contributed by atoms with van der Waals surface area (Å²) in [5, 5.41) is 10.4. The van der Waals surface area contributed by atoms with Gasteiger partial charge in [-0.05, 0) is 19.1 Å². The Kier molecular flexibility index (Phi) is 5.40. The van der Waals surface area contributed by atoms with Gasteiger partial charge >= 0.3 is 0 Å². The van der Waals surface area contributed by atoms with Crippen LogP contribution in [0.3, 0.4) is 0 Å². The first-order valence-electron chi connectivity index (χ1n) is 4.38. The van der Waals surface area contributed by atoms with Crippen molar-refractivity contribution in [2.45, 2.75) is 6.92 Å². The van der Waals surface area contributed by atoms with Crippen molar-refractivity contribution in [3.8, 4) is 0 Å². The molecular weight excluding hydrogens is 195 g/mol. The standard InChI is InChI=1S/C9H14P.C2H4O2/c1-10(2,3)9-7-5-4-6-8-9;1-2(3)4/h4-8H,1-3H3;1H3,(H,3,4)/q+1;/p-1. The Morgan fingerprint density at radius 2 is 1.50 bits per heavy atom. The fourth-order valence-corrected chi connectivity index (χ4v) is 1.94. The molecule has 0 saturated heterocycles. The number of rotatable bonds is 1. The second-order valence-electron chi connectivity index (χ2n) is 3.84. The van der Waals surface area contributed by atoms with Crippen LogP contribution in [0.4, 0.5) is 0 Å². The van der Waals surface area contributed by atoms with Crippen LogP contribution in [0.25, 0.3) is 0 Å². The van der Waals surface area contributed by atoms with Crippen molar-refractivity contribution in [1.82, 2.24) is 0 Å². The SMILES string of the molecule is CC(=O)[O-].C[P+](C)(C)c1ccccc1. The Balaban J connectivity index is 0.000000364. The second-order valence-corrected chi connectivity index (χ2v) is 8.38. The van der Waals surface area contributed by atoms with Crippen molar-refractivity contribution < 1.29 is 9.90 Å². The van der Waals surface area contributed by atoms with E-state index in [1.54, 1.807) is 0 Å². The van der Waals surface area contributed by atoms with Crippen LogP contribution in [0.5, 0.6) is 0 Å². The number of carboxylic acid groups (broad SMARTS) is 1. The number of hydrogen-bond acceptors (Lipinski definition) is 2. The van der Waals surface area contributed by atoms with E-state index < -0.39 is 13.2 Å². The lowest BCUT2D eigenvalue weighted by Crippen LogP contribution is -2.16. The summed E-state index contributed by atoms with van der Waals surface area (Å²) < 4.78 is 0. The maximum absolute atomic E-state index is 8.89. The van der Waals surface area contributed by atoms with E-state index in [-0.39, 0.29) is 0 Å². The Labute approximate surface area is 86.3 Å². The lowest BCUT2D eigenvalue weighted by molar-refractivity contribution is -0.302. The molecule has 0 unspecified atom stereocenters. The molecule has 0 atom stereocenters. The van der Waals surface area contributed by atoms with Crippen LogP contribution >= 0.6 is 7.26 Å². The van der Waals surface area contributed by atoms with E-state index in [2.05, 4.69) is 50.3 Å². The third-order valence-corrected chi connectivity index (χ3v) is 3.38. The third kappa shape index (κ3) is 6.62. The van der Waals surface area contributed by atoms with Crippen LogP contribution in [0.1, 0.15) is 6.92 Å². The average molecular weight is 212 g/mol. The first-order valence-corrected chi connectivity index (χ1v) is 7.51. The quantitative estimate of drug-likeness (QED) is 0.651. The molecule has 0 heterocycles. The molecule has 0 aliphatic heterocycles. The normalized spacial score (nSPS) is 10.0. The van der Waals surface area contributed by atoms with Crippen LogP contribution in [0.2, 0.25) is 0 Å². The van der Waals surface area contributed by atoms with E-state index in [1.165, 1.54) is 5.30 Å². The largest absolute Gasteiger partial charge is 0.550 e. The Hall–Kier alpha value is -0.880. The van der Waals surface area contributed by atoms with Gasteiger partial charge in [-0.3, -0.25) is 0 Å². The van der Waals surface area contributed by atoms with Crippen LogP contribution in [-0.4, -0.2) is 26.0 Å². The monoisotopic (exact) mass is 212 g/mol. The van der Waals surface area contributed by atoms with Crippen LogP contribution in [0.15, 0.2) is 30.3 Å². The van der Waals surface area contributed by atoms with E-state index in [9.17, 15) is 0 Å². The van der Waals surface area contributed by atoms with Gasteiger partial charge in [0.25, 0.3) is 0 Å². The first kappa shape index (κ1) is 13.1. The maximum atomic E-state index is 8.89. The fourth-order valence-electron chi connectivity index (χ4n) is 0.875. The lowest BCUT2D eigenvalue weighted by Gasteiger charge is -2.10. The summed E-state index contributed by atoms with van der Waals surface area (Å²) in [5.41, 5.74) is 0. The predicted molar refractivity (Wildman–Crippen MR) is 61.4 cm³/mol. The molecule has 0 bridgehead atoms. The minimum absolute atomic E-state index is 0.768. The summed E-state index contributed by atoms with van der Waals surface area (Å²) >= 11 is 0. The van der Waals surface area contributed by atoms with Gasteiger partial charge in [-0.25, -0.2) is 0 Å². The van der Waals surface area contributed by atoms with Crippen molar-refractivity contribution >= 4 is 18.5 Å². The molecule has 78 valence electrons. The summed E-state index contributed by atoms with van der Waals surface area (Å²) in [6.45, 7) is 7.98. The maximum Gasteiger partial charge on any atom is 0.0930 e. The smallest absolute Gasteiger partial charge is 0.0930 e. The molecular formula is C11H17O2P. The topological polar surface area (TPSA) is 40.1 Å². The zero-order valence-electron chi connectivity index (χ0n) is 9.15. The zero-order valence-corrected chi connectivity index (χ0v) is 10.0. The highest BCUT2D eigenvalue weighted by Gasteiger charge is 2.19. The van der Waals surface area contributed by atoms with Gasteiger partial charge in [0.1, 0.15) is 0 Å². The predicted octanol–water partition coefficient (Wildman–Crippen LogP) is 0.975. The third-order valence-electron chi connectivity index (χ3n) is 1.53. The molecule has 0 N–H and O–H groups in total. The number of benzene rings is 1. The highest BCUT2D eigenvalue weighted by atomic mass is 31.2. The Bertz CT molecular complexity index is 271. The molecule has 0 aromatic heterocycles. The average Bonchev–Trinajstić information content (AvgIpc) is 2.03. The van der Waals surface area contributed by atoms with Crippen molar-refractivity contribution in [1.29, 1.82) is 0 Å². The van der Waals surface area contributed by atoms with E-state index in [0.29, 0.717) is 0 Å². The molecule has 0 aliphatic carbocycles. The molecule has 0 amide bonds. The van der Waals surface area contributed by atoms with Gasteiger partial charge in [0.05, 0.1) is 25.3 Å². The Morgan fingerprint density at radius 3 is 1.71 bits per heavy atom. The van der Waals surface area contributed by atoms with Gasteiger partial charge in [0, 0.05) is 13.2 Å². The molecule has 1 aromatic carbocycles. The lowest BCUT2D eigenvalue weighted by atomic mass is 10.4. The highest BCUT2D eigenvalue weighted by Crippen LogP contribution is 2.44. The minimum atomic E-state index is -1.08. The number of carbonyl (C=O) groups is 1. The molecule has 0 saturated carbocycles. The van der Waals surface area contributed by atoms with Gasteiger partial charge in [-0.1, -0.05) is 18.2 Å². The summed E-state index contributed by atoms with van der Waals surface area (Å²) in [4.78, 5) is 8.89. The van der Waals surface area contributed by atoms with Gasteiger partial charge in [-0.2, -0.15) is 0 Å². The van der Waals surface area contributed by atoms with Crippen molar-refractivity contribution in [3.05, 3.63) is 30.3 Å². The summed E-state index contributed by atoms with van der Waals surface area (Å²) in [6.07, 6.45) is 0. The van der Waals surface area contributed by atoms with Gasteiger partial charge < -0.3 is 9.90 Å². The van der Waals surface area contributed by atoms with E-state index in [4.69, 9.17) is 9.90 Å². The van der Waals surface area contributed by atoms with Crippen LogP contribution in [0, 0.1) is 0 Å². The summed E-state index contributed by atoms with van der Waals surface area (Å²) in [5.74, 6) is -1.08. The Morgan fingerprint density at radius 1 is 1.14 bits per heavy atom. The molecule has 1 rings (SSSR count). The first-order chi connectivity index (χ1) is 6.34. The van der Waals surface area contributed by atoms with E-state index in [1.807, 2.05) is 0 Å². The molecule has 3 heteroatoms.